The van der Waals surface area contributed by atoms with E-state index in [1.54, 1.807) is 12.4 Å². The minimum absolute atomic E-state index is 0.217. The van der Waals surface area contributed by atoms with Crippen molar-refractivity contribution in [1.82, 2.24) is 20.2 Å². The molecule has 1 fully saturated rings. The lowest BCUT2D eigenvalue weighted by Gasteiger charge is -2.35. The molecule has 0 saturated carbocycles. The average molecular weight is 362 g/mol. The lowest BCUT2D eigenvalue weighted by Crippen LogP contribution is -2.44. The van der Waals surface area contributed by atoms with Crippen LogP contribution in [0.2, 0.25) is 0 Å². The molecule has 3 aromatic heterocycles. The Labute approximate surface area is 158 Å². The van der Waals surface area contributed by atoms with Crippen LogP contribution in [-0.4, -0.2) is 46.0 Å². The molecule has 7 heteroatoms. The smallest absolute Gasteiger partial charge is 0.130 e. The van der Waals surface area contributed by atoms with E-state index in [2.05, 4.69) is 33.1 Å². The van der Waals surface area contributed by atoms with Crippen LogP contribution in [0.25, 0.3) is 22.3 Å². The summed E-state index contributed by atoms with van der Waals surface area (Å²) < 4.78 is 5.57. The molecule has 1 unspecified atom stereocenters. The second-order valence-corrected chi connectivity index (χ2v) is 7.41. The Morgan fingerprint density at radius 2 is 2.19 bits per heavy atom. The van der Waals surface area contributed by atoms with Crippen LogP contribution >= 0.6 is 0 Å². The molecule has 0 spiro atoms. The van der Waals surface area contributed by atoms with Gasteiger partial charge in [-0.1, -0.05) is 0 Å². The van der Waals surface area contributed by atoms with Crippen LogP contribution in [0.15, 0.2) is 30.6 Å². The quantitative estimate of drug-likeness (QED) is 0.770. The van der Waals surface area contributed by atoms with Gasteiger partial charge in [-0.15, -0.1) is 0 Å². The number of fused-ring (bicyclic) bond motifs is 1. The summed E-state index contributed by atoms with van der Waals surface area (Å²) in [6, 6.07) is 8.51. The van der Waals surface area contributed by atoms with Crippen LogP contribution in [0.5, 0.6) is 0 Å². The number of nitriles is 1. The summed E-state index contributed by atoms with van der Waals surface area (Å²) >= 11 is 0. The molecule has 0 bridgehead atoms. The molecule has 0 aromatic carbocycles. The first-order valence-electron chi connectivity index (χ1n) is 9.07. The molecule has 0 aliphatic carbocycles. The lowest BCUT2D eigenvalue weighted by atomic mass is 9.84. The van der Waals surface area contributed by atoms with Gasteiger partial charge in [-0.2, -0.15) is 10.4 Å². The van der Waals surface area contributed by atoms with Gasteiger partial charge in [0.1, 0.15) is 17.0 Å². The van der Waals surface area contributed by atoms with E-state index in [-0.39, 0.29) is 6.04 Å². The maximum atomic E-state index is 9.78. The molecule has 7 nitrogen and oxygen atoms in total. The van der Waals surface area contributed by atoms with Crippen molar-refractivity contribution >= 4 is 16.7 Å². The highest BCUT2D eigenvalue weighted by Gasteiger charge is 2.28. The molecule has 1 aliphatic heterocycles. The zero-order valence-electron chi connectivity index (χ0n) is 15.7. The largest absolute Gasteiger partial charge is 0.377 e. The van der Waals surface area contributed by atoms with Crippen LogP contribution < -0.4 is 4.90 Å². The summed E-state index contributed by atoms with van der Waals surface area (Å²) in [5.74, 6) is 0.852. The van der Waals surface area contributed by atoms with Gasteiger partial charge in [0.2, 0.25) is 0 Å². The van der Waals surface area contributed by atoms with E-state index in [0.717, 1.165) is 40.2 Å². The van der Waals surface area contributed by atoms with Crippen molar-refractivity contribution in [1.29, 1.82) is 5.26 Å². The Morgan fingerprint density at radius 1 is 1.33 bits per heavy atom. The Bertz CT molecular complexity index is 1010. The normalized spacial score (nSPS) is 17.9. The van der Waals surface area contributed by atoms with Crippen LogP contribution in [0.4, 0.5) is 5.82 Å². The number of nitrogens with one attached hydrogen (secondary N) is 1. The number of nitrogens with zero attached hydrogens (tertiary/aromatic N) is 5. The predicted molar refractivity (Wildman–Crippen MR) is 103 cm³/mol. The zero-order valence-corrected chi connectivity index (χ0v) is 15.7. The Balaban J connectivity index is 2.00. The fourth-order valence-electron chi connectivity index (χ4n) is 3.51. The molecular formula is C20H22N6O. The Kier molecular flexibility index (Phi) is 4.28. The van der Waals surface area contributed by atoms with Crippen molar-refractivity contribution in [2.24, 2.45) is 0 Å². The summed E-state index contributed by atoms with van der Waals surface area (Å²) in [4.78, 5) is 11.7. The molecule has 1 saturated heterocycles. The van der Waals surface area contributed by atoms with Crippen molar-refractivity contribution in [3.05, 3.63) is 36.2 Å². The molecular weight excluding hydrogens is 340 g/mol. The fraction of sp³-hybridized carbons (Fsp3) is 0.400. The van der Waals surface area contributed by atoms with Crippen molar-refractivity contribution in [3.63, 3.8) is 0 Å². The highest BCUT2D eigenvalue weighted by molar-refractivity contribution is 5.94. The molecule has 3 aromatic rings. The molecule has 1 N–H and O–H groups in total. The monoisotopic (exact) mass is 362 g/mol. The highest BCUT2D eigenvalue weighted by Crippen LogP contribution is 2.35. The number of aromatic nitrogens is 4. The first-order chi connectivity index (χ1) is 13.0. The molecule has 1 atom stereocenters. The summed E-state index contributed by atoms with van der Waals surface area (Å²) in [6.45, 7) is 8.10. The standard InChI is InChI=1S/C20H22N6O/c1-13-11-27-9-8-26(13)17-10-15(20(2,3)12-21)14-4-6-22-19(18(14)24-17)16-5-7-23-25-16/h4-7,10,13H,8-9,11H2,1-3H3,(H,23,25). The van der Waals surface area contributed by atoms with Gasteiger partial charge in [0, 0.05) is 24.3 Å². The third-order valence-corrected chi connectivity index (χ3v) is 5.08. The highest BCUT2D eigenvalue weighted by atomic mass is 16.5. The van der Waals surface area contributed by atoms with Gasteiger partial charge in [0.25, 0.3) is 0 Å². The molecule has 0 radical (unpaired) electrons. The number of aromatic amines is 1. The van der Waals surface area contributed by atoms with E-state index in [9.17, 15) is 5.26 Å². The van der Waals surface area contributed by atoms with E-state index in [1.165, 1.54) is 0 Å². The van der Waals surface area contributed by atoms with Crippen molar-refractivity contribution in [2.45, 2.75) is 32.2 Å². The summed E-state index contributed by atoms with van der Waals surface area (Å²) in [6.07, 6.45) is 3.46. The van der Waals surface area contributed by atoms with Gasteiger partial charge in [0.15, 0.2) is 0 Å². The molecule has 4 heterocycles. The van der Waals surface area contributed by atoms with E-state index < -0.39 is 5.41 Å². The van der Waals surface area contributed by atoms with Gasteiger partial charge in [-0.25, -0.2) is 4.98 Å². The third-order valence-electron chi connectivity index (χ3n) is 5.08. The van der Waals surface area contributed by atoms with Crippen LogP contribution in [0, 0.1) is 11.3 Å². The number of rotatable bonds is 3. The third kappa shape index (κ3) is 3.02. The average Bonchev–Trinajstić information content (AvgIpc) is 3.21. The van der Waals surface area contributed by atoms with Crippen molar-refractivity contribution in [2.75, 3.05) is 24.7 Å². The SMILES string of the molecule is CC1COCCN1c1cc(C(C)(C)C#N)c2ccnc(-c3ccn[nH]3)c2n1. The van der Waals surface area contributed by atoms with E-state index >= 15 is 0 Å². The van der Waals surface area contributed by atoms with Gasteiger partial charge >= 0.3 is 0 Å². The zero-order chi connectivity index (χ0) is 19.0. The topological polar surface area (TPSA) is 90.7 Å². The minimum Gasteiger partial charge on any atom is -0.377 e. The number of hydrogen-bond acceptors (Lipinski definition) is 6. The van der Waals surface area contributed by atoms with Gasteiger partial charge < -0.3 is 9.64 Å². The van der Waals surface area contributed by atoms with E-state index in [0.29, 0.717) is 13.2 Å². The second-order valence-electron chi connectivity index (χ2n) is 7.41. The Hall–Kier alpha value is -2.98. The predicted octanol–water partition coefficient (Wildman–Crippen LogP) is 3.05. The molecule has 0 amide bonds. The van der Waals surface area contributed by atoms with Gasteiger partial charge in [-0.05, 0) is 44.5 Å². The summed E-state index contributed by atoms with van der Waals surface area (Å²) in [7, 11) is 0. The van der Waals surface area contributed by atoms with Crippen LogP contribution in [0.1, 0.15) is 26.3 Å². The first-order valence-corrected chi connectivity index (χ1v) is 9.07. The maximum Gasteiger partial charge on any atom is 0.130 e. The van der Waals surface area contributed by atoms with E-state index in [4.69, 9.17) is 9.72 Å². The summed E-state index contributed by atoms with van der Waals surface area (Å²) in [5.41, 5.74) is 2.62. The maximum absolute atomic E-state index is 9.78. The number of pyridine rings is 2. The Morgan fingerprint density at radius 3 is 2.89 bits per heavy atom. The van der Waals surface area contributed by atoms with Crippen molar-refractivity contribution < 1.29 is 4.74 Å². The summed E-state index contributed by atoms with van der Waals surface area (Å²) in [5, 5.41) is 17.7. The number of ether oxygens (including phenoxy) is 1. The number of hydrogen-bond donors (Lipinski definition) is 1. The lowest BCUT2D eigenvalue weighted by molar-refractivity contribution is 0.0985. The van der Waals surface area contributed by atoms with Gasteiger partial charge in [-0.3, -0.25) is 10.1 Å². The van der Waals surface area contributed by atoms with Crippen LogP contribution in [-0.2, 0) is 10.2 Å². The molecule has 4 rings (SSSR count). The molecule has 138 valence electrons. The molecule has 1 aliphatic rings. The number of H-pyrrole nitrogens is 1. The molecule has 27 heavy (non-hydrogen) atoms. The fourth-order valence-corrected chi connectivity index (χ4v) is 3.51. The number of anilines is 1. The van der Waals surface area contributed by atoms with Gasteiger partial charge in [0.05, 0.1) is 36.4 Å². The van der Waals surface area contributed by atoms with Crippen LogP contribution in [0.3, 0.4) is 0 Å². The second kappa shape index (κ2) is 6.63. The number of morpholine rings is 1. The van der Waals surface area contributed by atoms with Crippen molar-refractivity contribution in [3.8, 4) is 17.5 Å². The first kappa shape index (κ1) is 17.4. The van der Waals surface area contributed by atoms with E-state index in [1.807, 2.05) is 32.0 Å². The minimum atomic E-state index is -0.655.